The molecule has 5 aromatic rings. The second-order valence-corrected chi connectivity index (χ2v) is 17.7. The van der Waals surface area contributed by atoms with Crippen molar-refractivity contribution in [2.45, 2.75) is 76.9 Å². The summed E-state index contributed by atoms with van der Waals surface area (Å²) in [6.07, 6.45) is 8.92. The number of aryl methyl sites for hydroxylation is 3. The molecule has 3 aromatic heterocycles. The number of aromatic nitrogens is 4. The van der Waals surface area contributed by atoms with Crippen molar-refractivity contribution in [1.29, 1.82) is 0 Å². The van der Waals surface area contributed by atoms with Crippen LogP contribution in [0.5, 0.6) is 5.75 Å². The number of nitrogens with zero attached hydrogens (tertiary/aromatic N) is 6. The van der Waals surface area contributed by atoms with Crippen LogP contribution in [-0.4, -0.2) is 111 Å². The van der Waals surface area contributed by atoms with Gasteiger partial charge >= 0.3 is 12.1 Å². The van der Waals surface area contributed by atoms with Gasteiger partial charge in [0.2, 0.25) is 11.7 Å². The van der Waals surface area contributed by atoms with Crippen molar-refractivity contribution < 1.29 is 52.5 Å². The lowest BCUT2D eigenvalue weighted by atomic mass is 10.1. The van der Waals surface area contributed by atoms with Gasteiger partial charge < -0.3 is 43.0 Å². The standard InChI is InChI=1S/C52H57N7O11/c1-7-18-67-46(62)27-34-14-15-38-36(24-34)16-17-57(38)50(64)40-25-35(30-55(40)5)26-42(60)48-54-44(31-56(48)6)53-45(61)12-11-21-66-43-28-39-37(23-33(43)4)49(63)58-29-32(3)22-41(58)51(59(39)52(65)69-19-8-2)70-47-13-9-10-20-68-47/h7-8,14-17,23-25,28,30-31,41,47,51H,1-3,9-13,18-22,26-27,29H2,4-6H3,(H,53,61)/t41-,47?,51?/m0/s1. The van der Waals surface area contributed by atoms with E-state index in [9.17, 15) is 28.8 Å². The zero-order valence-electron chi connectivity index (χ0n) is 39.6. The van der Waals surface area contributed by atoms with Gasteiger partial charge in [-0.25, -0.2) is 14.7 Å². The maximum Gasteiger partial charge on any atom is 0.416 e. The van der Waals surface area contributed by atoms with E-state index in [0.717, 1.165) is 29.4 Å². The Hall–Kier alpha value is -7.57. The van der Waals surface area contributed by atoms with Gasteiger partial charge in [-0.2, -0.15) is 0 Å². The zero-order valence-corrected chi connectivity index (χ0v) is 39.6. The minimum atomic E-state index is -0.948. The van der Waals surface area contributed by atoms with Crippen LogP contribution in [0.4, 0.5) is 16.3 Å². The fraction of sp³-hybridized carbons (Fsp3) is 0.365. The molecule has 3 amide bonds. The third-order valence-electron chi connectivity index (χ3n) is 12.4. The Labute approximate surface area is 405 Å². The third kappa shape index (κ3) is 10.7. The van der Waals surface area contributed by atoms with E-state index in [1.165, 1.54) is 26.2 Å². The number of anilines is 2. The molecule has 6 heterocycles. The van der Waals surface area contributed by atoms with Crippen LogP contribution in [0.25, 0.3) is 10.9 Å². The second kappa shape index (κ2) is 21.4. The Bertz CT molecular complexity index is 2880. The van der Waals surface area contributed by atoms with E-state index in [-0.39, 0.29) is 91.5 Å². The van der Waals surface area contributed by atoms with Crippen LogP contribution in [0.3, 0.4) is 0 Å². The van der Waals surface area contributed by atoms with Gasteiger partial charge in [-0.05, 0) is 86.1 Å². The number of ketones is 1. The fourth-order valence-corrected chi connectivity index (χ4v) is 9.09. The number of rotatable bonds is 18. The monoisotopic (exact) mass is 955 g/mol. The van der Waals surface area contributed by atoms with E-state index >= 15 is 0 Å². The number of nitrogens with one attached hydrogen (secondary N) is 1. The summed E-state index contributed by atoms with van der Waals surface area (Å²) in [7, 11) is 3.39. The van der Waals surface area contributed by atoms with Gasteiger partial charge in [0.25, 0.3) is 11.8 Å². The molecule has 2 unspecified atom stereocenters. The highest BCUT2D eigenvalue weighted by Gasteiger charge is 2.48. The Morgan fingerprint density at radius 3 is 2.51 bits per heavy atom. The molecule has 1 N–H and O–H groups in total. The van der Waals surface area contributed by atoms with Gasteiger partial charge in [0.05, 0.1) is 35.8 Å². The molecule has 3 atom stereocenters. The van der Waals surface area contributed by atoms with E-state index in [1.54, 1.807) is 85.5 Å². The van der Waals surface area contributed by atoms with Gasteiger partial charge in [0.15, 0.2) is 24.2 Å². The number of esters is 1. The fourth-order valence-electron chi connectivity index (χ4n) is 9.09. The molecule has 0 saturated carbocycles. The van der Waals surface area contributed by atoms with Gasteiger partial charge in [-0.3, -0.25) is 28.5 Å². The Kier molecular flexibility index (Phi) is 14.9. The number of carbonyl (C=O) groups excluding carboxylic acids is 6. The van der Waals surface area contributed by atoms with Gasteiger partial charge in [-0.15, -0.1) is 0 Å². The smallest absolute Gasteiger partial charge is 0.416 e. The van der Waals surface area contributed by atoms with Crippen LogP contribution in [0.15, 0.2) is 98.5 Å². The van der Waals surface area contributed by atoms with Crippen LogP contribution in [0.1, 0.15) is 86.7 Å². The summed E-state index contributed by atoms with van der Waals surface area (Å²) in [6, 6.07) is 11.7. The molecule has 2 saturated heterocycles. The molecule has 0 aliphatic carbocycles. The molecule has 0 spiro atoms. The highest BCUT2D eigenvalue weighted by Crippen LogP contribution is 2.41. The largest absolute Gasteiger partial charge is 0.493 e. The molecular formula is C52H57N7O11. The van der Waals surface area contributed by atoms with Crippen LogP contribution in [0, 0.1) is 6.92 Å². The number of carbonyl (C=O) groups is 6. The molecule has 3 aliphatic rings. The lowest BCUT2D eigenvalue weighted by Crippen LogP contribution is -2.54. The van der Waals surface area contributed by atoms with Crippen molar-refractivity contribution in [2.24, 2.45) is 14.1 Å². The predicted molar refractivity (Wildman–Crippen MR) is 259 cm³/mol. The van der Waals surface area contributed by atoms with E-state index < -0.39 is 24.7 Å². The Morgan fingerprint density at radius 1 is 0.943 bits per heavy atom. The first-order valence-corrected chi connectivity index (χ1v) is 23.2. The molecular weight excluding hydrogens is 899 g/mol. The maximum absolute atomic E-state index is 14.2. The van der Waals surface area contributed by atoms with Crippen molar-refractivity contribution in [3.8, 4) is 5.75 Å². The van der Waals surface area contributed by atoms with Gasteiger partial charge in [-0.1, -0.05) is 43.5 Å². The summed E-state index contributed by atoms with van der Waals surface area (Å²) in [5.74, 6) is -0.877. The maximum atomic E-state index is 14.2. The summed E-state index contributed by atoms with van der Waals surface area (Å²) < 4.78 is 34.1. The number of fused-ring (bicyclic) bond motifs is 3. The first kappa shape index (κ1) is 48.9. The molecule has 3 aliphatic heterocycles. The molecule has 2 fully saturated rings. The number of hydrogen-bond donors (Lipinski definition) is 1. The highest BCUT2D eigenvalue weighted by atomic mass is 16.7. The number of hydrogen-bond acceptors (Lipinski definition) is 12. The molecule has 0 bridgehead atoms. The van der Waals surface area contributed by atoms with E-state index in [2.05, 4.69) is 30.0 Å². The topological polar surface area (TPSA) is 195 Å². The van der Waals surface area contributed by atoms with Crippen LogP contribution in [-0.2, 0) is 55.5 Å². The molecule has 18 heteroatoms. The van der Waals surface area contributed by atoms with Gasteiger partial charge in [0.1, 0.15) is 24.7 Å². The average molecular weight is 956 g/mol. The minimum absolute atomic E-state index is 0.0459. The van der Waals surface area contributed by atoms with E-state index in [1.807, 2.05) is 6.07 Å². The first-order valence-electron chi connectivity index (χ1n) is 23.2. The normalized spacial score (nSPS) is 17.7. The minimum Gasteiger partial charge on any atom is -0.493 e. The van der Waals surface area contributed by atoms with Crippen molar-refractivity contribution >= 4 is 58.0 Å². The number of benzene rings is 2. The SMILES string of the molecule is C=CCOC(=O)Cc1ccc2c(ccn2C(=O)c2cc(CC(=O)c3nc(NC(=O)CCCOc4cc5c(cc4C)C(=O)N4CC(=C)C[C@H]4C(OC4CCCCO4)N5C(=O)OCC=C)cn3C)cn2C)c1. The zero-order chi connectivity index (χ0) is 49.6. The van der Waals surface area contributed by atoms with Crippen LogP contribution < -0.4 is 15.0 Å². The molecule has 2 aromatic carbocycles. The summed E-state index contributed by atoms with van der Waals surface area (Å²) in [5, 5.41) is 3.55. The number of amides is 3. The molecule has 366 valence electrons. The first-order chi connectivity index (χ1) is 33.7. The average Bonchev–Trinajstić information content (AvgIpc) is 4.12. The lowest BCUT2D eigenvalue weighted by molar-refractivity contribution is -0.195. The number of Topliss-reactive ketones (excluding diaryl/α,β-unsaturated/α-hetero) is 1. The molecule has 70 heavy (non-hydrogen) atoms. The number of ether oxygens (including phenoxy) is 5. The molecule has 0 radical (unpaired) electrons. The van der Waals surface area contributed by atoms with E-state index in [4.69, 9.17) is 23.7 Å². The lowest BCUT2D eigenvalue weighted by Gasteiger charge is -2.38. The summed E-state index contributed by atoms with van der Waals surface area (Å²) >= 11 is 0. The van der Waals surface area contributed by atoms with Gasteiger partial charge in [0, 0.05) is 70.1 Å². The van der Waals surface area contributed by atoms with Crippen molar-refractivity contribution in [2.75, 3.05) is 43.2 Å². The van der Waals surface area contributed by atoms with E-state index in [0.29, 0.717) is 60.5 Å². The highest BCUT2D eigenvalue weighted by molar-refractivity contribution is 6.06. The predicted octanol–water partition coefficient (Wildman–Crippen LogP) is 6.99. The summed E-state index contributed by atoms with van der Waals surface area (Å²) in [4.78, 5) is 88.1. The van der Waals surface area contributed by atoms with Crippen molar-refractivity contribution in [3.63, 3.8) is 0 Å². The quantitative estimate of drug-likeness (QED) is 0.0410. The summed E-state index contributed by atoms with van der Waals surface area (Å²) in [5.41, 5.74) is 4.42. The number of imidazole rings is 1. The summed E-state index contributed by atoms with van der Waals surface area (Å²) in [6.45, 7) is 14.2. The molecule has 8 rings (SSSR count). The second-order valence-electron chi connectivity index (χ2n) is 17.7. The third-order valence-corrected chi connectivity index (χ3v) is 12.4. The van der Waals surface area contributed by atoms with Crippen LogP contribution >= 0.6 is 0 Å². The van der Waals surface area contributed by atoms with Crippen molar-refractivity contribution in [3.05, 3.63) is 132 Å². The Morgan fingerprint density at radius 2 is 1.74 bits per heavy atom. The Balaban J connectivity index is 0.884. The molecule has 18 nitrogen and oxygen atoms in total. The van der Waals surface area contributed by atoms with Crippen molar-refractivity contribution in [1.82, 2.24) is 23.6 Å². The van der Waals surface area contributed by atoms with Crippen LogP contribution in [0.2, 0.25) is 0 Å².